The summed E-state index contributed by atoms with van der Waals surface area (Å²) < 4.78 is 5.96. The first kappa shape index (κ1) is 16.0. The molecule has 0 aromatic carbocycles. The molecule has 3 fully saturated rings. The molecule has 0 unspecified atom stereocenters. The van der Waals surface area contributed by atoms with E-state index in [-0.39, 0.29) is 12.0 Å². The predicted octanol–water partition coefficient (Wildman–Crippen LogP) is 1.85. The van der Waals surface area contributed by atoms with Gasteiger partial charge in [0, 0.05) is 50.9 Å². The SMILES string of the molecule is Cc1cccc(CN2C[C@H]3OCC[C@H]3[C@H](C(=O)N3CCCC3)C2)n1. The first-order valence-corrected chi connectivity index (χ1v) is 9.26. The summed E-state index contributed by atoms with van der Waals surface area (Å²) in [5.74, 6) is 0.851. The molecule has 0 spiro atoms. The Morgan fingerprint density at radius 1 is 1.29 bits per heavy atom. The second-order valence-corrected chi connectivity index (χ2v) is 7.47. The van der Waals surface area contributed by atoms with Gasteiger partial charge in [0.05, 0.1) is 17.7 Å². The van der Waals surface area contributed by atoms with Gasteiger partial charge in [0.1, 0.15) is 0 Å². The van der Waals surface area contributed by atoms with E-state index in [1.54, 1.807) is 0 Å². The first-order valence-electron chi connectivity index (χ1n) is 9.26. The molecule has 0 bridgehead atoms. The topological polar surface area (TPSA) is 45.7 Å². The maximum atomic E-state index is 13.0. The molecule has 5 nitrogen and oxygen atoms in total. The molecule has 1 aromatic rings. The van der Waals surface area contributed by atoms with Gasteiger partial charge in [-0.15, -0.1) is 0 Å². The van der Waals surface area contributed by atoms with Gasteiger partial charge < -0.3 is 9.64 Å². The number of pyridine rings is 1. The number of carbonyl (C=O) groups is 1. The monoisotopic (exact) mass is 329 g/mol. The Balaban J connectivity index is 1.49. The van der Waals surface area contributed by atoms with Crippen LogP contribution in [0.5, 0.6) is 0 Å². The van der Waals surface area contributed by atoms with E-state index in [9.17, 15) is 4.79 Å². The highest BCUT2D eigenvalue weighted by molar-refractivity contribution is 5.80. The third-order valence-electron chi connectivity index (χ3n) is 5.74. The molecule has 0 N–H and O–H groups in total. The molecule has 3 saturated heterocycles. The van der Waals surface area contributed by atoms with E-state index >= 15 is 0 Å². The Labute approximate surface area is 144 Å². The van der Waals surface area contributed by atoms with E-state index in [0.29, 0.717) is 11.8 Å². The molecule has 4 heterocycles. The molecule has 3 aliphatic rings. The van der Waals surface area contributed by atoms with Gasteiger partial charge in [0.15, 0.2) is 0 Å². The highest BCUT2D eigenvalue weighted by Gasteiger charge is 2.45. The Kier molecular flexibility index (Phi) is 4.55. The maximum absolute atomic E-state index is 13.0. The standard InChI is InChI=1S/C19H27N3O2/c1-14-5-4-6-15(20-14)11-21-12-17(16-7-10-24-18(16)13-21)19(23)22-8-2-3-9-22/h4-6,16-18H,2-3,7-13H2,1H3/t16-,17+,18+/m0/s1. The number of hydrogen-bond donors (Lipinski definition) is 0. The summed E-state index contributed by atoms with van der Waals surface area (Å²) in [6, 6.07) is 6.16. The molecule has 0 saturated carbocycles. The van der Waals surface area contributed by atoms with Crippen LogP contribution in [0.2, 0.25) is 0 Å². The summed E-state index contributed by atoms with van der Waals surface area (Å²) in [6.45, 7) is 7.27. The van der Waals surface area contributed by atoms with Crippen molar-refractivity contribution in [1.82, 2.24) is 14.8 Å². The van der Waals surface area contributed by atoms with Crippen molar-refractivity contribution in [2.24, 2.45) is 11.8 Å². The normalized spacial score (nSPS) is 30.5. The summed E-state index contributed by atoms with van der Waals surface area (Å²) in [7, 11) is 0. The van der Waals surface area contributed by atoms with Crippen molar-refractivity contribution in [1.29, 1.82) is 0 Å². The van der Waals surface area contributed by atoms with Crippen molar-refractivity contribution < 1.29 is 9.53 Å². The van der Waals surface area contributed by atoms with Gasteiger partial charge in [0.25, 0.3) is 0 Å². The van der Waals surface area contributed by atoms with Crippen LogP contribution in [0, 0.1) is 18.8 Å². The molecule has 0 radical (unpaired) electrons. The molecule has 4 rings (SSSR count). The fourth-order valence-electron chi connectivity index (χ4n) is 4.53. The number of likely N-dealkylation sites (tertiary alicyclic amines) is 2. The van der Waals surface area contributed by atoms with E-state index in [2.05, 4.69) is 26.9 Å². The van der Waals surface area contributed by atoms with Crippen molar-refractivity contribution in [3.8, 4) is 0 Å². The van der Waals surface area contributed by atoms with Gasteiger partial charge >= 0.3 is 0 Å². The lowest BCUT2D eigenvalue weighted by Crippen LogP contribution is -2.52. The minimum Gasteiger partial charge on any atom is -0.377 e. The zero-order valence-electron chi connectivity index (χ0n) is 14.5. The number of amides is 1. The highest BCUT2D eigenvalue weighted by Crippen LogP contribution is 2.35. The minimum atomic E-state index is 0.0918. The lowest BCUT2D eigenvalue weighted by molar-refractivity contribution is -0.140. The zero-order chi connectivity index (χ0) is 16.5. The number of nitrogens with zero attached hydrogens (tertiary/aromatic N) is 3. The highest BCUT2D eigenvalue weighted by atomic mass is 16.5. The Bertz CT molecular complexity index is 600. The van der Waals surface area contributed by atoms with Crippen LogP contribution in [0.3, 0.4) is 0 Å². The summed E-state index contributed by atoms with van der Waals surface area (Å²) in [5, 5.41) is 0. The number of aromatic nitrogens is 1. The smallest absolute Gasteiger partial charge is 0.227 e. The van der Waals surface area contributed by atoms with E-state index < -0.39 is 0 Å². The molecule has 5 heteroatoms. The van der Waals surface area contributed by atoms with Crippen LogP contribution in [0.15, 0.2) is 18.2 Å². The third kappa shape index (κ3) is 3.20. The largest absolute Gasteiger partial charge is 0.377 e. The van der Waals surface area contributed by atoms with Gasteiger partial charge in [-0.05, 0) is 38.3 Å². The minimum absolute atomic E-state index is 0.0918. The summed E-state index contributed by atoms with van der Waals surface area (Å²) in [5.41, 5.74) is 2.13. The Morgan fingerprint density at radius 2 is 2.12 bits per heavy atom. The van der Waals surface area contributed by atoms with Crippen molar-refractivity contribution in [2.75, 3.05) is 32.8 Å². The molecule has 24 heavy (non-hydrogen) atoms. The van der Waals surface area contributed by atoms with Crippen LogP contribution >= 0.6 is 0 Å². The fourth-order valence-corrected chi connectivity index (χ4v) is 4.53. The van der Waals surface area contributed by atoms with Gasteiger partial charge in [0.2, 0.25) is 5.91 Å². The zero-order valence-corrected chi connectivity index (χ0v) is 14.5. The molecular formula is C19H27N3O2. The van der Waals surface area contributed by atoms with E-state index in [0.717, 1.165) is 70.0 Å². The van der Waals surface area contributed by atoms with E-state index in [1.807, 2.05) is 13.0 Å². The van der Waals surface area contributed by atoms with Crippen molar-refractivity contribution in [3.05, 3.63) is 29.6 Å². The number of fused-ring (bicyclic) bond motifs is 1. The quantitative estimate of drug-likeness (QED) is 0.849. The second-order valence-electron chi connectivity index (χ2n) is 7.47. The number of hydrogen-bond acceptors (Lipinski definition) is 4. The molecule has 3 aliphatic heterocycles. The van der Waals surface area contributed by atoms with Crippen LogP contribution in [0.4, 0.5) is 0 Å². The molecule has 0 aliphatic carbocycles. The molecule has 1 aromatic heterocycles. The molecule has 1 amide bonds. The average Bonchev–Trinajstić information content (AvgIpc) is 3.25. The van der Waals surface area contributed by atoms with Crippen LogP contribution in [0.1, 0.15) is 30.7 Å². The van der Waals surface area contributed by atoms with Crippen molar-refractivity contribution in [3.63, 3.8) is 0 Å². The van der Waals surface area contributed by atoms with E-state index in [4.69, 9.17) is 4.74 Å². The summed E-state index contributed by atoms with van der Waals surface area (Å²) in [6.07, 6.45) is 3.55. The van der Waals surface area contributed by atoms with Gasteiger partial charge in [-0.1, -0.05) is 6.07 Å². The lowest BCUT2D eigenvalue weighted by atomic mass is 9.82. The van der Waals surface area contributed by atoms with Gasteiger partial charge in [-0.2, -0.15) is 0 Å². The third-order valence-corrected chi connectivity index (χ3v) is 5.74. The average molecular weight is 329 g/mol. The number of carbonyl (C=O) groups excluding carboxylic acids is 1. The number of ether oxygens (including phenoxy) is 1. The van der Waals surface area contributed by atoms with Crippen LogP contribution in [0.25, 0.3) is 0 Å². The number of piperidine rings is 1. The Hall–Kier alpha value is -1.46. The molecule has 3 atom stereocenters. The molecular weight excluding hydrogens is 302 g/mol. The number of aryl methyl sites for hydroxylation is 1. The maximum Gasteiger partial charge on any atom is 0.227 e. The lowest BCUT2D eigenvalue weighted by Gasteiger charge is -2.40. The van der Waals surface area contributed by atoms with Gasteiger partial charge in [-0.3, -0.25) is 14.7 Å². The van der Waals surface area contributed by atoms with E-state index in [1.165, 1.54) is 0 Å². The van der Waals surface area contributed by atoms with Crippen LogP contribution < -0.4 is 0 Å². The summed E-state index contributed by atoms with van der Waals surface area (Å²) in [4.78, 5) is 22.1. The Morgan fingerprint density at radius 3 is 2.92 bits per heavy atom. The fraction of sp³-hybridized carbons (Fsp3) is 0.684. The predicted molar refractivity (Wildman–Crippen MR) is 91.4 cm³/mol. The van der Waals surface area contributed by atoms with Crippen molar-refractivity contribution >= 4 is 5.91 Å². The molecule has 130 valence electrons. The van der Waals surface area contributed by atoms with Crippen LogP contribution in [-0.4, -0.2) is 59.6 Å². The van der Waals surface area contributed by atoms with Crippen molar-refractivity contribution in [2.45, 2.75) is 38.8 Å². The second kappa shape index (κ2) is 6.81. The number of rotatable bonds is 3. The van der Waals surface area contributed by atoms with Crippen LogP contribution in [-0.2, 0) is 16.1 Å². The van der Waals surface area contributed by atoms with Gasteiger partial charge in [-0.25, -0.2) is 0 Å². The summed E-state index contributed by atoms with van der Waals surface area (Å²) >= 11 is 0. The first-order chi connectivity index (χ1) is 11.7.